The van der Waals surface area contributed by atoms with Crippen molar-refractivity contribution in [3.8, 4) is 0 Å². The molecule has 3 heteroatoms. The van der Waals surface area contributed by atoms with Gasteiger partial charge in [0, 0.05) is 19.6 Å². The Balaban J connectivity index is 1.55. The van der Waals surface area contributed by atoms with Gasteiger partial charge in [-0.15, -0.1) is 0 Å². The molecule has 1 heterocycles. The first-order valence-corrected chi connectivity index (χ1v) is 7.67. The molecule has 2 aliphatic rings. The molecule has 0 atom stereocenters. The summed E-state index contributed by atoms with van der Waals surface area (Å²) < 4.78 is 11.4. The summed E-state index contributed by atoms with van der Waals surface area (Å²) in [5, 5.41) is 0. The summed E-state index contributed by atoms with van der Waals surface area (Å²) in [6.07, 6.45) is 5.79. The predicted octanol–water partition coefficient (Wildman–Crippen LogP) is 2.55. The number of hydrogen-bond donors (Lipinski definition) is 0. The van der Waals surface area contributed by atoms with Crippen LogP contribution >= 0.6 is 0 Å². The van der Waals surface area contributed by atoms with Gasteiger partial charge in [-0.05, 0) is 37.5 Å². The topological polar surface area (TPSA) is 21.7 Å². The molecule has 18 heavy (non-hydrogen) atoms. The molecule has 1 aliphatic carbocycles. The second-order valence-corrected chi connectivity index (χ2v) is 6.11. The molecular formula is C15H29NO2. The smallest absolute Gasteiger partial charge is 0.0597 e. The number of nitrogens with zero attached hydrogens (tertiary/aromatic N) is 1. The van der Waals surface area contributed by atoms with Crippen molar-refractivity contribution < 1.29 is 9.47 Å². The SMILES string of the molecule is CC(C)[C@H]1CC[C@H](OCCN2CCOCC2)CC1. The van der Waals surface area contributed by atoms with E-state index in [-0.39, 0.29) is 0 Å². The molecule has 2 fully saturated rings. The highest BCUT2D eigenvalue weighted by Gasteiger charge is 2.23. The Kier molecular flexibility index (Phi) is 5.93. The van der Waals surface area contributed by atoms with Crippen LogP contribution in [-0.2, 0) is 9.47 Å². The fourth-order valence-electron chi connectivity index (χ4n) is 3.10. The van der Waals surface area contributed by atoms with E-state index in [0.717, 1.165) is 51.3 Å². The van der Waals surface area contributed by atoms with Crippen LogP contribution < -0.4 is 0 Å². The molecule has 0 bridgehead atoms. The molecule has 2 rings (SSSR count). The largest absolute Gasteiger partial charge is 0.379 e. The monoisotopic (exact) mass is 255 g/mol. The molecule has 0 amide bonds. The van der Waals surface area contributed by atoms with Crippen molar-refractivity contribution in [2.24, 2.45) is 11.8 Å². The van der Waals surface area contributed by atoms with Crippen molar-refractivity contribution in [1.82, 2.24) is 4.90 Å². The average Bonchev–Trinajstić information content (AvgIpc) is 2.40. The van der Waals surface area contributed by atoms with Gasteiger partial charge in [0.25, 0.3) is 0 Å². The van der Waals surface area contributed by atoms with Crippen LogP contribution in [-0.4, -0.2) is 50.5 Å². The van der Waals surface area contributed by atoms with Gasteiger partial charge < -0.3 is 9.47 Å². The van der Waals surface area contributed by atoms with Gasteiger partial charge in [-0.1, -0.05) is 13.8 Å². The summed E-state index contributed by atoms with van der Waals surface area (Å²) in [5.41, 5.74) is 0. The maximum Gasteiger partial charge on any atom is 0.0597 e. The van der Waals surface area contributed by atoms with E-state index in [0.29, 0.717) is 6.10 Å². The maximum atomic E-state index is 6.03. The van der Waals surface area contributed by atoms with Crippen LogP contribution in [0.2, 0.25) is 0 Å². The zero-order chi connectivity index (χ0) is 12.8. The summed E-state index contributed by atoms with van der Waals surface area (Å²) in [5.74, 6) is 1.78. The lowest BCUT2D eigenvalue weighted by Gasteiger charge is -2.32. The Hall–Kier alpha value is -0.120. The number of hydrogen-bond acceptors (Lipinski definition) is 3. The van der Waals surface area contributed by atoms with Crippen LogP contribution in [0.15, 0.2) is 0 Å². The summed E-state index contributed by atoms with van der Waals surface area (Å²) in [6.45, 7) is 10.6. The van der Waals surface area contributed by atoms with Crippen LogP contribution in [0.25, 0.3) is 0 Å². The quantitative estimate of drug-likeness (QED) is 0.753. The first-order valence-electron chi connectivity index (χ1n) is 7.67. The summed E-state index contributed by atoms with van der Waals surface area (Å²) in [7, 11) is 0. The normalized spacial score (nSPS) is 30.8. The zero-order valence-corrected chi connectivity index (χ0v) is 12.1. The van der Waals surface area contributed by atoms with Gasteiger partial charge in [0.1, 0.15) is 0 Å². The molecule has 0 spiro atoms. The summed E-state index contributed by atoms with van der Waals surface area (Å²) in [4.78, 5) is 2.45. The Morgan fingerprint density at radius 3 is 2.39 bits per heavy atom. The Bertz CT molecular complexity index is 219. The fraction of sp³-hybridized carbons (Fsp3) is 1.00. The lowest BCUT2D eigenvalue weighted by Crippen LogP contribution is -2.39. The molecule has 0 aromatic carbocycles. The van der Waals surface area contributed by atoms with Crippen molar-refractivity contribution >= 4 is 0 Å². The van der Waals surface area contributed by atoms with Crippen LogP contribution in [0.4, 0.5) is 0 Å². The van der Waals surface area contributed by atoms with Crippen LogP contribution in [0.1, 0.15) is 39.5 Å². The molecule has 1 aliphatic heterocycles. The van der Waals surface area contributed by atoms with Gasteiger partial charge in [0.2, 0.25) is 0 Å². The third-order valence-electron chi connectivity index (χ3n) is 4.53. The predicted molar refractivity (Wildman–Crippen MR) is 73.8 cm³/mol. The molecule has 106 valence electrons. The van der Waals surface area contributed by atoms with E-state index in [1.54, 1.807) is 0 Å². The molecule has 0 radical (unpaired) electrons. The van der Waals surface area contributed by atoms with Crippen molar-refractivity contribution in [3.63, 3.8) is 0 Å². The second-order valence-electron chi connectivity index (χ2n) is 6.11. The van der Waals surface area contributed by atoms with Gasteiger partial charge in [0.15, 0.2) is 0 Å². The molecule has 0 aromatic rings. The third-order valence-corrected chi connectivity index (χ3v) is 4.53. The Morgan fingerprint density at radius 2 is 1.78 bits per heavy atom. The van der Waals surface area contributed by atoms with Crippen LogP contribution in [0.3, 0.4) is 0 Å². The van der Waals surface area contributed by atoms with Gasteiger partial charge >= 0.3 is 0 Å². The van der Waals surface area contributed by atoms with E-state index < -0.39 is 0 Å². The number of morpholine rings is 1. The van der Waals surface area contributed by atoms with Gasteiger partial charge in [-0.3, -0.25) is 4.90 Å². The first-order chi connectivity index (χ1) is 8.75. The highest BCUT2D eigenvalue weighted by molar-refractivity contribution is 4.75. The number of rotatable bonds is 5. The van der Waals surface area contributed by atoms with E-state index >= 15 is 0 Å². The van der Waals surface area contributed by atoms with Crippen molar-refractivity contribution in [2.75, 3.05) is 39.5 Å². The Morgan fingerprint density at radius 1 is 1.11 bits per heavy atom. The Labute approximate surface area is 112 Å². The maximum absolute atomic E-state index is 6.03. The molecule has 0 unspecified atom stereocenters. The summed E-state index contributed by atoms with van der Waals surface area (Å²) >= 11 is 0. The third kappa shape index (κ3) is 4.52. The highest BCUT2D eigenvalue weighted by atomic mass is 16.5. The van der Waals surface area contributed by atoms with Crippen molar-refractivity contribution in [1.29, 1.82) is 0 Å². The molecule has 1 saturated heterocycles. The summed E-state index contributed by atoms with van der Waals surface area (Å²) in [6, 6.07) is 0. The van der Waals surface area contributed by atoms with Crippen molar-refractivity contribution in [3.05, 3.63) is 0 Å². The average molecular weight is 255 g/mol. The lowest BCUT2D eigenvalue weighted by atomic mass is 9.80. The highest BCUT2D eigenvalue weighted by Crippen LogP contribution is 2.31. The minimum absolute atomic E-state index is 0.529. The second kappa shape index (κ2) is 7.46. The van der Waals surface area contributed by atoms with E-state index in [4.69, 9.17) is 9.47 Å². The molecule has 1 saturated carbocycles. The minimum Gasteiger partial charge on any atom is -0.379 e. The standard InChI is InChI=1S/C15H29NO2/c1-13(2)14-3-5-15(6-4-14)18-12-9-16-7-10-17-11-8-16/h13-15H,3-12H2,1-2H3/t14-,15-. The van der Waals surface area contributed by atoms with E-state index in [9.17, 15) is 0 Å². The molecule has 3 nitrogen and oxygen atoms in total. The first kappa shape index (κ1) is 14.3. The van der Waals surface area contributed by atoms with E-state index in [1.807, 2.05) is 0 Å². The van der Waals surface area contributed by atoms with E-state index in [2.05, 4.69) is 18.7 Å². The molecule has 0 aromatic heterocycles. The van der Waals surface area contributed by atoms with E-state index in [1.165, 1.54) is 25.7 Å². The lowest BCUT2D eigenvalue weighted by molar-refractivity contribution is -0.0155. The van der Waals surface area contributed by atoms with Gasteiger partial charge in [-0.2, -0.15) is 0 Å². The van der Waals surface area contributed by atoms with Gasteiger partial charge in [-0.25, -0.2) is 0 Å². The number of ether oxygens (including phenoxy) is 2. The van der Waals surface area contributed by atoms with Crippen LogP contribution in [0, 0.1) is 11.8 Å². The van der Waals surface area contributed by atoms with Crippen LogP contribution in [0.5, 0.6) is 0 Å². The fourth-order valence-corrected chi connectivity index (χ4v) is 3.10. The zero-order valence-electron chi connectivity index (χ0n) is 12.1. The molecular weight excluding hydrogens is 226 g/mol. The molecule has 0 N–H and O–H groups in total. The minimum atomic E-state index is 0.529. The van der Waals surface area contributed by atoms with Crippen molar-refractivity contribution in [2.45, 2.75) is 45.6 Å². The van der Waals surface area contributed by atoms with Gasteiger partial charge in [0.05, 0.1) is 25.9 Å².